The standard InChI is InChI=1S/C33H26/c1-22(2)24-11-3-4-12-25(24)23-19-20-32-30-17-8-7-15-28(30)26-13-5-6-14-27(26)29-16-9-10-18-31(29)33(32)21-23/h3-22H,1-2H3. The summed E-state index contributed by atoms with van der Waals surface area (Å²) in [5, 5.41) is 0. The van der Waals surface area contributed by atoms with Crippen LogP contribution >= 0.6 is 0 Å². The normalized spacial score (nSPS) is 11.6. The van der Waals surface area contributed by atoms with Gasteiger partial charge in [0.25, 0.3) is 0 Å². The fourth-order valence-electron chi connectivity index (χ4n) is 5.29. The molecule has 158 valence electrons. The Labute approximate surface area is 196 Å². The first-order valence-electron chi connectivity index (χ1n) is 11.7. The molecule has 0 N–H and O–H groups in total. The van der Waals surface area contributed by atoms with Crippen LogP contribution in [0.4, 0.5) is 0 Å². The summed E-state index contributed by atoms with van der Waals surface area (Å²) in [6.45, 7) is 4.55. The topological polar surface area (TPSA) is 0 Å². The third-order valence-electron chi connectivity index (χ3n) is 6.86. The van der Waals surface area contributed by atoms with Gasteiger partial charge in [0.2, 0.25) is 0 Å². The molecular formula is C33H26. The third-order valence-corrected chi connectivity index (χ3v) is 6.86. The van der Waals surface area contributed by atoms with E-state index < -0.39 is 0 Å². The Morgan fingerprint density at radius 1 is 0.364 bits per heavy atom. The Bertz CT molecular complexity index is 1480. The van der Waals surface area contributed by atoms with Gasteiger partial charge in [0.1, 0.15) is 0 Å². The van der Waals surface area contributed by atoms with Gasteiger partial charge >= 0.3 is 0 Å². The van der Waals surface area contributed by atoms with E-state index in [1.165, 1.54) is 61.2 Å². The average Bonchev–Trinajstić information content (AvgIpc) is 2.87. The van der Waals surface area contributed by atoms with E-state index in [1.807, 2.05) is 0 Å². The van der Waals surface area contributed by atoms with E-state index in [-0.39, 0.29) is 0 Å². The lowest BCUT2D eigenvalue weighted by Gasteiger charge is -2.24. The van der Waals surface area contributed by atoms with Crippen molar-refractivity contribution >= 4 is 0 Å². The number of hydrogen-bond acceptors (Lipinski definition) is 0. The molecule has 1 aliphatic rings. The molecule has 5 aromatic carbocycles. The molecule has 0 atom stereocenters. The largest absolute Gasteiger partial charge is 0.0619 e. The van der Waals surface area contributed by atoms with Gasteiger partial charge in [0.15, 0.2) is 0 Å². The second-order valence-electron chi connectivity index (χ2n) is 9.14. The van der Waals surface area contributed by atoms with Gasteiger partial charge in [-0.1, -0.05) is 123 Å². The second-order valence-corrected chi connectivity index (χ2v) is 9.14. The summed E-state index contributed by atoms with van der Waals surface area (Å²) >= 11 is 0. The summed E-state index contributed by atoms with van der Waals surface area (Å²) in [4.78, 5) is 0. The Kier molecular flexibility index (Phi) is 4.73. The van der Waals surface area contributed by atoms with Crippen LogP contribution in [0.5, 0.6) is 0 Å². The predicted octanol–water partition coefficient (Wildman–Crippen LogP) is 9.46. The molecule has 0 saturated heterocycles. The zero-order chi connectivity index (χ0) is 22.4. The van der Waals surface area contributed by atoms with Gasteiger partial charge in [0, 0.05) is 0 Å². The zero-order valence-corrected chi connectivity index (χ0v) is 19.0. The molecule has 0 saturated carbocycles. The SMILES string of the molecule is CC(C)c1ccccc1-c1ccc2c(c1)-c1ccccc1-c1ccccc1-c1ccccc1-2. The molecule has 6 rings (SSSR count). The Morgan fingerprint density at radius 2 is 0.727 bits per heavy atom. The van der Waals surface area contributed by atoms with E-state index in [2.05, 4.69) is 129 Å². The molecule has 0 aliphatic heterocycles. The van der Waals surface area contributed by atoms with Gasteiger partial charge in [-0.2, -0.15) is 0 Å². The maximum Gasteiger partial charge on any atom is -0.00928 e. The second kappa shape index (κ2) is 7.90. The summed E-state index contributed by atoms with van der Waals surface area (Å²) in [5.74, 6) is 0.475. The van der Waals surface area contributed by atoms with Crippen molar-refractivity contribution in [1.29, 1.82) is 0 Å². The van der Waals surface area contributed by atoms with E-state index in [1.54, 1.807) is 0 Å². The quantitative estimate of drug-likeness (QED) is 0.261. The molecule has 0 radical (unpaired) electrons. The lowest BCUT2D eigenvalue weighted by molar-refractivity contribution is 0.869. The van der Waals surface area contributed by atoms with Gasteiger partial charge in [-0.05, 0) is 73.2 Å². The molecule has 0 aromatic heterocycles. The van der Waals surface area contributed by atoms with Crippen LogP contribution in [-0.4, -0.2) is 0 Å². The van der Waals surface area contributed by atoms with Crippen LogP contribution in [0, 0.1) is 0 Å². The van der Waals surface area contributed by atoms with E-state index in [9.17, 15) is 0 Å². The molecule has 0 bridgehead atoms. The van der Waals surface area contributed by atoms with Gasteiger partial charge < -0.3 is 0 Å². The van der Waals surface area contributed by atoms with Gasteiger partial charge in [-0.25, -0.2) is 0 Å². The van der Waals surface area contributed by atoms with Crippen molar-refractivity contribution in [3.8, 4) is 55.6 Å². The van der Waals surface area contributed by atoms with E-state index in [0.717, 1.165) is 0 Å². The van der Waals surface area contributed by atoms with E-state index in [0.29, 0.717) is 5.92 Å². The highest BCUT2D eigenvalue weighted by Crippen LogP contribution is 2.48. The molecule has 1 aliphatic carbocycles. The molecule has 33 heavy (non-hydrogen) atoms. The fourth-order valence-corrected chi connectivity index (χ4v) is 5.29. The summed E-state index contributed by atoms with van der Waals surface area (Å²) in [6, 6.07) is 42.3. The monoisotopic (exact) mass is 422 g/mol. The van der Waals surface area contributed by atoms with Crippen molar-refractivity contribution in [1.82, 2.24) is 0 Å². The van der Waals surface area contributed by atoms with E-state index in [4.69, 9.17) is 0 Å². The summed E-state index contributed by atoms with van der Waals surface area (Å²) < 4.78 is 0. The van der Waals surface area contributed by atoms with E-state index >= 15 is 0 Å². The predicted molar refractivity (Wildman–Crippen MR) is 141 cm³/mol. The first-order chi connectivity index (χ1) is 16.2. The van der Waals surface area contributed by atoms with Crippen LogP contribution in [0.25, 0.3) is 55.6 Å². The van der Waals surface area contributed by atoms with Crippen LogP contribution in [0.3, 0.4) is 0 Å². The highest BCUT2D eigenvalue weighted by Gasteiger charge is 2.22. The van der Waals surface area contributed by atoms with Crippen LogP contribution in [-0.2, 0) is 0 Å². The third kappa shape index (κ3) is 3.22. The van der Waals surface area contributed by atoms with Crippen LogP contribution in [0.15, 0.2) is 115 Å². The number of fused-ring (bicyclic) bond motifs is 8. The minimum absolute atomic E-state index is 0.475. The van der Waals surface area contributed by atoms with Crippen LogP contribution in [0.1, 0.15) is 25.3 Å². The Balaban J connectivity index is 1.70. The van der Waals surface area contributed by atoms with Gasteiger partial charge in [-0.15, -0.1) is 0 Å². The van der Waals surface area contributed by atoms with Crippen LogP contribution in [0.2, 0.25) is 0 Å². The molecule has 0 nitrogen and oxygen atoms in total. The molecule has 0 amide bonds. The summed E-state index contributed by atoms with van der Waals surface area (Å²) in [5.41, 5.74) is 14.3. The molecule has 0 heterocycles. The average molecular weight is 423 g/mol. The fraction of sp³-hybridized carbons (Fsp3) is 0.0909. The molecule has 0 heteroatoms. The number of rotatable bonds is 2. The van der Waals surface area contributed by atoms with Crippen molar-refractivity contribution < 1.29 is 0 Å². The molecular weight excluding hydrogens is 396 g/mol. The first-order valence-corrected chi connectivity index (χ1v) is 11.7. The molecule has 5 aromatic rings. The minimum Gasteiger partial charge on any atom is -0.0619 e. The van der Waals surface area contributed by atoms with Crippen LogP contribution < -0.4 is 0 Å². The van der Waals surface area contributed by atoms with Gasteiger partial charge in [0.05, 0.1) is 0 Å². The number of hydrogen-bond donors (Lipinski definition) is 0. The van der Waals surface area contributed by atoms with Crippen molar-refractivity contribution in [2.45, 2.75) is 19.8 Å². The minimum atomic E-state index is 0.475. The molecule has 0 unspecified atom stereocenters. The smallest absolute Gasteiger partial charge is 0.00928 e. The number of benzene rings is 5. The lowest BCUT2D eigenvalue weighted by atomic mass is 9.80. The van der Waals surface area contributed by atoms with Gasteiger partial charge in [-0.3, -0.25) is 0 Å². The summed E-state index contributed by atoms with van der Waals surface area (Å²) in [7, 11) is 0. The highest BCUT2D eigenvalue weighted by molar-refractivity contribution is 6.03. The van der Waals surface area contributed by atoms with Crippen molar-refractivity contribution in [3.05, 3.63) is 121 Å². The Hall–Kier alpha value is -3.90. The zero-order valence-electron chi connectivity index (χ0n) is 19.0. The van der Waals surface area contributed by atoms with Crippen molar-refractivity contribution in [3.63, 3.8) is 0 Å². The highest BCUT2D eigenvalue weighted by atomic mass is 14.2. The maximum atomic E-state index is 2.40. The summed E-state index contributed by atoms with van der Waals surface area (Å²) in [6.07, 6.45) is 0. The van der Waals surface area contributed by atoms with Crippen molar-refractivity contribution in [2.75, 3.05) is 0 Å². The molecule has 0 fully saturated rings. The lowest BCUT2D eigenvalue weighted by Crippen LogP contribution is -1.98. The molecule has 0 spiro atoms. The Morgan fingerprint density at radius 3 is 1.18 bits per heavy atom. The van der Waals surface area contributed by atoms with Crippen molar-refractivity contribution in [2.24, 2.45) is 0 Å². The first kappa shape index (κ1) is 19.8. The maximum absolute atomic E-state index is 2.40.